The van der Waals surface area contributed by atoms with Gasteiger partial charge in [0.25, 0.3) is 0 Å². The lowest BCUT2D eigenvalue weighted by Crippen LogP contribution is -2.61. The van der Waals surface area contributed by atoms with Crippen LogP contribution in [-0.2, 0) is 15.8 Å². The van der Waals surface area contributed by atoms with Crippen LogP contribution in [0.1, 0.15) is 25.8 Å². The van der Waals surface area contributed by atoms with Gasteiger partial charge in [-0.25, -0.2) is 13.1 Å². The van der Waals surface area contributed by atoms with Crippen LogP contribution in [0.15, 0.2) is 30.3 Å². The Hall–Kier alpha value is -0.910. The Morgan fingerprint density at radius 2 is 1.94 bits per heavy atom. The molecule has 100 valence electrons. The summed E-state index contributed by atoms with van der Waals surface area (Å²) in [5.74, 6) is -0.0173. The van der Waals surface area contributed by atoms with Gasteiger partial charge in [0.1, 0.15) is 0 Å². The van der Waals surface area contributed by atoms with Crippen molar-refractivity contribution >= 4 is 10.0 Å². The summed E-state index contributed by atoms with van der Waals surface area (Å²) in [7, 11) is -3.35. The fraction of sp³-hybridized carbons (Fsp3) is 0.538. The number of sulfonamides is 1. The maximum atomic E-state index is 12.0. The normalized spacial score (nSPS) is 26.6. The predicted molar refractivity (Wildman–Crippen MR) is 70.4 cm³/mol. The Morgan fingerprint density at radius 1 is 1.33 bits per heavy atom. The minimum atomic E-state index is -3.35. The fourth-order valence-corrected chi connectivity index (χ4v) is 3.70. The minimum Gasteiger partial charge on any atom is -0.392 e. The summed E-state index contributed by atoms with van der Waals surface area (Å²) in [4.78, 5) is 0. The molecule has 2 unspecified atom stereocenters. The molecule has 0 heterocycles. The van der Waals surface area contributed by atoms with Crippen LogP contribution in [0.25, 0.3) is 0 Å². The van der Waals surface area contributed by atoms with Crippen molar-refractivity contribution < 1.29 is 13.5 Å². The Labute approximate surface area is 108 Å². The van der Waals surface area contributed by atoms with Crippen LogP contribution >= 0.6 is 0 Å². The molecule has 1 aromatic carbocycles. The molecule has 1 aromatic rings. The van der Waals surface area contributed by atoms with Gasteiger partial charge in [0, 0.05) is 11.5 Å². The van der Waals surface area contributed by atoms with E-state index in [4.69, 9.17) is 0 Å². The zero-order valence-corrected chi connectivity index (χ0v) is 11.4. The molecule has 5 heteroatoms. The first-order valence-corrected chi connectivity index (χ1v) is 7.68. The third-order valence-corrected chi connectivity index (χ3v) is 5.09. The van der Waals surface area contributed by atoms with Crippen molar-refractivity contribution in [3.63, 3.8) is 0 Å². The van der Waals surface area contributed by atoms with Gasteiger partial charge in [-0.15, -0.1) is 0 Å². The third-order valence-electron chi connectivity index (χ3n) is 3.74. The molecule has 0 saturated heterocycles. The standard InChI is InChI=1S/C13H19NO3S/c1-13(2)11(8-12(13)15)14-18(16,17)9-10-6-4-3-5-7-10/h3-7,11-12,14-15H,8-9H2,1-2H3. The Kier molecular flexibility index (Phi) is 3.49. The van der Waals surface area contributed by atoms with Gasteiger partial charge < -0.3 is 5.11 Å². The second-order valence-corrected chi connectivity index (χ2v) is 7.24. The quantitative estimate of drug-likeness (QED) is 0.865. The van der Waals surface area contributed by atoms with Crippen LogP contribution in [0.2, 0.25) is 0 Å². The zero-order chi connectivity index (χ0) is 13.4. The molecule has 0 bridgehead atoms. The van der Waals surface area contributed by atoms with E-state index in [1.165, 1.54) is 0 Å². The molecule has 1 saturated carbocycles. The average Bonchev–Trinajstić information content (AvgIpc) is 2.29. The Balaban J connectivity index is 2.01. The van der Waals surface area contributed by atoms with E-state index in [1.807, 2.05) is 32.0 Å². The van der Waals surface area contributed by atoms with Crippen molar-refractivity contribution in [2.45, 2.75) is 38.2 Å². The van der Waals surface area contributed by atoms with E-state index in [0.717, 1.165) is 5.56 Å². The van der Waals surface area contributed by atoms with E-state index in [1.54, 1.807) is 12.1 Å². The van der Waals surface area contributed by atoms with Crippen molar-refractivity contribution in [2.75, 3.05) is 0 Å². The molecule has 0 aliphatic heterocycles. The number of aliphatic hydroxyl groups is 1. The highest BCUT2D eigenvalue weighted by Gasteiger charge is 2.48. The molecule has 0 aromatic heterocycles. The molecule has 2 atom stereocenters. The molecular formula is C13H19NO3S. The van der Waals surface area contributed by atoms with Crippen molar-refractivity contribution in [1.82, 2.24) is 4.72 Å². The molecule has 2 rings (SSSR count). The van der Waals surface area contributed by atoms with E-state index < -0.39 is 16.1 Å². The van der Waals surface area contributed by atoms with E-state index >= 15 is 0 Å². The van der Waals surface area contributed by atoms with Crippen LogP contribution < -0.4 is 4.72 Å². The zero-order valence-electron chi connectivity index (χ0n) is 10.6. The summed E-state index contributed by atoms with van der Waals surface area (Å²) in [6.07, 6.45) is 0.0583. The van der Waals surface area contributed by atoms with Crippen molar-refractivity contribution in [3.05, 3.63) is 35.9 Å². The highest BCUT2D eigenvalue weighted by atomic mass is 32.2. The van der Waals surface area contributed by atoms with Crippen LogP contribution in [0, 0.1) is 5.41 Å². The van der Waals surface area contributed by atoms with Crippen LogP contribution in [-0.4, -0.2) is 25.7 Å². The highest BCUT2D eigenvalue weighted by molar-refractivity contribution is 7.88. The molecule has 1 aliphatic carbocycles. The SMILES string of the molecule is CC1(C)C(O)CC1NS(=O)(=O)Cc1ccccc1. The van der Waals surface area contributed by atoms with Crippen LogP contribution in [0.3, 0.4) is 0 Å². The summed E-state index contributed by atoms with van der Waals surface area (Å²) < 4.78 is 26.7. The Morgan fingerprint density at radius 3 is 2.44 bits per heavy atom. The number of aliphatic hydroxyl groups excluding tert-OH is 1. The number of hydrogen-bond acceptors (Lipinski definition) is 3. The number of hydrogen-bond donors (Lipinski definition) is 2. The van der Waals surface area contributed by atoms with E-state index in [0.29, 0.717) is 6.42 Å². The largest absolute Gasteiger partial charge is 0.392 e. The third kappa shape index (κ3) is 2.74. The predicted octanol–water partition coefficient (Wildman–Crippen LogP) is 1.27. The summed E-state index contributed by atoms with van der Waals surface area (Å²) in [5.41, 5.74) is 0.381. The maximum absolute atomic E-state index is 12.0. The first-order chi connectivity index (χ1) is 8.31. The molecule has 0 radical (unpaired) electrons. The number of rotatable bonds is 4. The second-order valence-electron chi connectivity index (χ2n) is 5.49. The lowest BCUT2D eigenvalue weighted by molar-refractivity contribution is -0.0645. The average molecular weight is 269 g/mol. The van der Waals surface area contributed by atoms with E-state index in [2.05, 4.69) is 4.72 Å². The molecule has 4 nitrogen and oxygen atoms in total. The highest BCUT2D eigenvalue weighted by Crippen LogP contribution is 2.40. The summed E-state index contributed by atoms with van der Waals surface area (Å²) >= 11 is 0. The van der Waals surface area contributed by atoms with E-state index in [9.17, 15) is 13.5 Å². The van der Waals surface area contributed by atoms with Gasteiger partial charge in [0.15, 0.2) is 0 Å². The van der Waals surface area contributed by atoms with Gasteiger partial charge in [-0.2, -0.15) is 0 Å². The number of nitrogens with one attached hydrogen (secondary N) is 1. The van der Waals surface area contributed by atoms with Gasteiger partial charge in [-0.3, -0.25) is 0 Å². The van der Waals surface area contributed by atoms with Gasteiger partial charge in [0.05, 0.1) is 11.9 Å². The summed E-state index contributed by atoms with van der Waals surface area (Å²) in [5, 5.41) is 9.60. The van der Waals surface area contributed by atoms with Gasteiger partial charge in [-0.1, -0.05) is 44.2 Å². The lowest BCUT2D eigenvalue weighted by Gasteiger charge is -2.49. The van der Waals surface area contributed by atoms with Crippen molar-refractivity contribution in [3.8, 4) is 0 Å². The first-order valence-electron chi connectivity index (χ1n) is 6.03. The minimum absolute atomic E-state index is 0.0173. The fourth-order valence-electron chi connectivity index (χ4n) is 2.15. The molecule has 0 amide bonds. The molecule has 1 aliphatic rings. The molecule has 18 heavy (non-hydrogen) atoms. The monoisotopic (exact) mass is 269 g/mol. The molecule has 2 N–H and O–H groups in total. The number of benzene rings is 1. The first kappa shape index (κ1) is 13.5. The maximum Gasteiger partial charge on any atom is 0.216 e. The molecule has 1 fully saturated rings. The second kappa shape index (κ2) is 4.64. The van der Waals surface area contributed by atoms with Gasteiger partial charge in [-0.05, 0) is 12.0 Å². The van der Waals surface area contributed by atoms with Crippen molar-refractivity contribution in [2.24, 2.45) is 5.41 Å². The molecule has 0 spiro atoms. The van der Waals surface area contributed by atoms with Gasteiger partial charge >= 0.3 is 0 Å². The van der Waals surface area contributed by atoms with Crippen molar-refractivity contribution in [1.29, 1.82) is 0 Å². The van der Waals surface area contributed by atoms with E-state index in [-0.39, 0.29) is 17.2 Å². The lowest BCUT2D eigenvalue weighted by atomic mass is 9.65. The Bertz CT molecular complexity index is 510. The van der Waals surface area contributed by atoms with Crippen LogP contribution in [0.5, 0.6) is 0 Å². The summed E-state index contributed by atoms with van der Waals surface area (Å²) in [6.45, 7) is 3.74. The smallest absolute Gasteiger partial charge is 0.216 e. The topological polar surface area (TPSA) is 66.4 Å². The van der Waals surface area contributed by atoms with Gasteiger partial charge in [0.2, 0.25) is 10.0 Å². The summed E-state index contributed by atoms with van der Waals surface area (Å²) in [6, 6.07) is 8.90. The molecular weight excluding hydrogens is 250 g/mol. The van der Waals surface area contributed by atoms with Crippen LogP contribution in [0.4, 0.5) is 0 Å².